The van der Waals surface area contributed by atoms with Gasteiger partial charge < -0.3 is 19.5 Å². The number of amides is 2. The molecule has 9 heteroatoms. The molecule has 0 saturated heterocycles. The zero-order chi connectivity index (χ0) is 25.2. The largest absolute Gasteiger partial charge is 0.497 e. The fourth-order valence-electron chi connectivity index (χ4n) is 3.00. The lowest BCUT2D eigenvalue weighted by Crippen LogP contribution is -2.34. The molecule has 35 heavy (non-hydrogen) atoms. The fraction of sp³-hybridized carbons (Fsp3) is 0.154. The Balaban J connectivity index is 1.54. The third kappa shape index (κ3) is 7.16. The molecule has 3 aromatic carbocycles. The maximum atomic E-state index is 12.4. The van der Waals surface area contributed by atoms with E-state index in [9.17, 15) is 14.4 Å². The van der Waals surface area contributed by atoms with Crippen LogP contribution in [0.15, 0.2) is 71.8 Å². The summed E-state index contributed by atoms with van der Waals surface area (Å²) >= 11 is 0. The first kappa shape index (κ1) is 25.0. The van der Waals surface area contributed by atoms with Crippen LogP contribution in [0.25, 0.3) is 0 Å². The van der Waals surface area contributed by atoms with Crippen LogP contribution in [-0.2, 0) is 4.79 Å². The Morgan fingerprint density at radius 3 is 2.34 bits per heavy atom. The zero-order valence-electron chi connectivity index (χ0n) is 19.5. The van der Waals surface area contributed by atoms with E-state index in [1.807, 2.05) is 13.0 Å². The van der Waals surface area contributed by atoms with Gasteiger partial charge in [0.25, 0.3) is 11.8 Å². The Kier molecular flexibility index (Phi) is 8.55. The number of hydrogen-bond acceptors (Lipinski definition) is 7. The quantitative estimate of drug-likeness (QED) is 0.213. The first-order valence-electron chi connectivity index (χ1n) is 10.6. The first-order chi connectivity index (χ1) is 16.9. The average Bonchev–Trinajstić information content (AvgIpc) is 2.88. The summed E-state index contributed by atoms with van der Waals surface area (Å²) in [6.45, 7) is 1.65. The zero-order valence-corrected chi connectivity index (χ0v) is 19.5. The van der Waals surface area contributed by atoms with Crippen LogP contribution in [0.3, 0.4) is 0 Å². The molecular formula is C26H25N3O6. The smallest absolute Gasteiger partial charge is 0.343 e. The number of nitrogens with zero attached hydrogens (tertiary/aromatic N) is 1. The molecule has 0 fully saturated rings. The van der Waals surface area contributed by atoms with Crippen molar-refractivity contribution in [3.8, 4) is 17.2 Å². The van der Waals surface area contributed by atoms with E-state index < -0.39 is 11.9 Å². The number of rotatable bonds is 9. The van der Waals surface area contributed by atoms with Crippen LogP contribution in [0.1, 0.15) is 31.8 Å². The van der Waals surface area contributed by atoms with Gasteiger partial charge in [-0.15, -0.1) is 0 Å². The number of hydrazone groups is 1. The van der Waals surface area contributed by atoms with Crippen molar-refractivity contribution in [1.29, 1.82) is 0 Å². The first-order valence-corrected chi connectivity index (χ1v) is 10.6. The van der Waals surface area contributed by atoms with Crippen LogP contribution < -0.4 is 25.0 Å². The number of nitrogens with one attached hydrogen (secondary N) is 2. The van der Waals surface area contributed by atoms with Gasteiger partial charge in [-0.25, -0.2) is 10.2 Å². The number of carbonyl (C=O) groups excluding carboxylic acids is 3. The molecule has 0 atom stereocenters. The van der Waals surface area contributed by atoms with Crippen molar-refractivity contribution in [2.24, 2.45) is 5.10 Å². The predicted molar refractivity (Wildman–Crippen MR) is 130 cm³/mol. The summed E-state index contributed by atoms with van der Waals surface area (Å²) in [5, 5.41) is 6.42. The maximum Gasteiger partial charge on any atom is 0.343 e. The number of benzene rings is 3. The van der Waals surface area contributed by atoms with Crippen LogP contribution in [0.5, 0.6) is 17.2 Å². The van der Waals surface area contributed by atoms with Crippen molar-refractivity contribution in [3.63, 3.8) is 0 Å². The maximum absolute atomic E-state index is 12.4. The Labute approximate surface area is 202 Å². The Hall–Kier alpha value is -4.66. The normalized spacial score (nSPS) is 10.5. The topological polar surface area (TPSA) is 115 Å². The highest BCUT2D eigenvalue weighted by Crippen LogP contribution is 2.28. The fourth-order valence-corrected chi connectivity index (χ4v) is 3.00. The van der Waals surface area contributed by atoms with E-state index in [2.05, 4.69) is 15.8 Å². The minimum absolute atomic E-state index is 0.228. The number of carbonyl (C=O) groups is 3. The Morgan fingerprint density at radius 1 is 0.886 bits per heavy atom. The molecule has 0 saturated carbocycles. The Bertz CT molecular complexity index is 1240. The SMILES string of the molecule is COc1ccc(C(=O)Oc2ccc(/C=N/NC(=O)CNC(=O)c3cccc(C)c3)cc2OC)cc1. The molecule has 180 valence electrons. The highest BCUT2D eigenvalue weighted by atomic mass is 16.6. The van der Waals surface area contributed by atoms with Crippen LogP contribution in [0, 0.1) is 6.92 Å². The second-order valence-electron chi connectivity index (χ2n) is 7.37. The standard InChI is InChI=1S/C26H25N3O6/c1-17-5-4-6-20(13-17)25(31)27-16-24(30)29-28-15-18-7-12-22(23(14-18)34-3)35-26(32)19-8-10-21(33-2)11-9-19/h4-15H,16H2,1-3H3,(H,27,31)(H,29,30)/b28-15+. The lowest BCUT2D eigenvalue weighted by molar-refractivity contribution is -0.120. The van der Waals surface area contributed by atoms with Gasteiger partial charge in [0.1, 0.15) is 5.75 Å². The molecule has 0 heterocycles. The lowest BCUT2D eigenvalue weighted by atomic mass is 10.1. The summed E-state index contributed by atoms with van der Waals surface area (Å²) in [7, 11) is 2.98. The van der Waals surface area contributed by atoms with Gasteiger partial charge in [0.15, 0.2) is 11.5 Å². The van der Waals surface area contributed by atoms with E-state index in [1.165, 1.54) is 13.3 Å². The van der Waals surface area contributed by atoms with Crippen molar-refractivity contribution >= 4 is 24.0 Å². The van der Waals surface area contributed by atoms with Crippen LogP contribution in [-0.4, -0.2) is 44.8 Å². The summed E-state index contributed by atoms with van der Waals surface area (Å²) in [6, 6.07) is 18.4. The van der Waals surface area contributed by atoms with Crippen LogP contribution >= 0.6 is 0 Å². The second-order valence-corrected chi connectivity index (χ2v) is 7.37. The second kappa shape index (κ2) is 12.0. The van der Waals surface area contributed by atoms with Gasteiger partial charge in [-0.1, -0.05) is 17.7 Å². The number of aryl methyl sites for hydroxylation is 1. The molecule has 0 bridgehead atoms. The molecule has 2 N–H and O–H groups in total. The molecule has 0 aromatic heterocycles. The molecule has 2 amide bonds. The highest BCUT2D eigenvalue weighted by Gasteiger charge is 2.13. The van der Waals surface area contributed by atoms with Crippen molar-refractivity contribution in [2.45, 2.75) is 6.92 Å². The lowest BCUT2D eigenvalue weighted by Gasteiger charge is -2.10. The molecule has 3 aromatic rings. The van der Waals surface area contributed by atoms with Crippen LogP contribution in [0.4, 0.5) is 0 Å². The molecular weight excluding hydrogens is 450 g/mol. The molecule has 0 spiro atoms. The number of ether oxygens (including phenoxy) is 3. The molecule has 3 rings (SSSR count). The van der Waals surface area contributed by atoms with Gasteiger partial charge in [-0.2, -0.15) is 5.10 Å². The third-order valence-electron chi connectivity index (χ3n) is 4.81. The van der Waals surface area contributed by atoms with E-state index in [-0.39, 0.29) is 18.2 Å². The van der Waals surface area contributed by atoms with Crippen molar-refractivity contribution < 1.29 is 28.6 Å². The Morgan fingerprint density at radius 2 is 1.66 bits per heavy atom. The molecule has 0 aliphatic heterocycles. The van der Waals surface area contributed by atoms with E-state index in [1.54, 1.807) is 67.8 Å². The van der Waals surface area contributed by atoms with Gasteiger partial charge in [0.05, 0.1) is 32.5 Å². The summed E-state index contributed by atoms with van der Waals surface area (Å²) in [5.41, 5.74) is 4.71. The number of hydrogen-bond donors (Lipinski definition) is 2. The van der Waals surface area contributed by atoms with Gasteiger partial charge in [-0.3, -0.25) is 9.59 Å². The van der Waals surface area contributed by atoms with E-state index >= 15 is 0 Å². The summed E-state index contributed by atoms with van der Waals surface area (Å²) in [4.78, 5) is 36.5. The monoisotopic (exact) mass is 475 g/mol. The highest BCUT2D eigenvalue weighted by molar-refractivity contribution is 5.96. The summed E-state index contributed by atoms with van der Waals surface area (Å²) in [6.07, 6.45) is 1.40. The predicted octanol–water partition coefficient (Wildman–Crippen LogP) is 3.11. The van der Waals surface area contributed by atoms with E-state index in [0.717, 1.165) is 5.56 Å². The van der Waals surface area contributed by atoms with Gasteiger partial charge in [0.2, 0.25) is 0 Å². The molecule has 0 unspecified atom stereocenters. The third-order valence-corrected chi connectivity index (χ3v) is 4.81. The van der Waals surface area contributed by atoms with Gasteiger partial charge in [-0.05, 0) is 67.1 Å². The minimum atomic E-state index is -0.549. The molecule has 0 aliphatic rings. The molecule has 9 nitrogen and oxygen atoms in total. The van der Waals surface area contributed by atoms with Crippen molar-refractivity contribution in [3.05, 3.63) is 89.0 Å². The van der Waals surface area contributed by atoms with Crippen molar-refractivity contribution in [1.82, 2.24) is 10.7 Å². The van der Waals surface area contributed by atoms with Gasteiger partial charge in [0, 0.05) is 5.56 Å². The van der Waals surface area contributed by atoms with Crippen molar-refractivity contribution in [2.75, 3.05) is 20.8 Å². The molecule has 0 radical (unpaired) electrons. The number of esters is 1. The minimum Gasteiger partial charge on any atom is -0.497 e. The summed E-state index contributed by atoms with van der Waals surface area (Å²) < 4.78 is 15.8. The van der Waals surface area contributed by atoms with Crippen LogP contribution in [0.2, 0.25) is 0 Å². The van der Waals surface area contributed by atoms with E-state index in [4.69, 9.17) is 14.2 Å². The molecule has 0 aliphatic carbocycles. The summed E-state index contributed by atoms with van der Waals surface area (Å²) in [5.74, 6) is -0.214. The number of methoxy groups -OCH3 is 2. The van der Waals surface area contributed by atoms with Gasteiger partial charge >= 0.3 is 5.97 Å². The van der Waals surface area contributed by atoms with E-state index in [0.29, 0.717) is 28.2 Å². The average molecular weight is 476 g/mol.